The summed E-state index contributed by atoms with van der Waals surface area (Å²) in [5, 5.41) is 8.74. The van der Waals surface area contributed by atoms with Crippen molar-refractivity contribution in [3.05, 3.63) is 35.4 Å². The van der Waals surface area contributed by atoms with Gasteiger partial charge >= 0.3 is 0 Å². The van der Waals surface area contributed by atoms with Crippen molar-refractivity contribution in [2.75, 3.05) is 20.2 Å². The maximum absolute atomic E-state index is 12.3. The third-order valence-electron chi connectivity index (χ3n) is 3.86. The molecule has 19 heavy (non-hydrogen) atoms. The van der Waals surface area contributed by atoms with Gasteiger partial charge in [0.2, 0.25) is 0 Å². The molecule has 1 aliphatic rings. The second kappa shape index (κ2) is 5.41. The van der Waals surface area contributed by atoms with E-state index in [-0.39, 0.29) is 11.5 Å². The van der Waals surface area contributed by atoms with Crippen LogP contribution in [0.2, 0.25) is 0 Å². The van der Waals surface area contributed by atoms with Crippen LogP contribution in [0.5, 0.6) is 0 Å². The molecule has 1 aromatic carbocycles. The number of benzene rings is 1. The average Bonchev–Trinajstić information content (AvgIpc) is 2.47. The molecule has 1 heterocycles. The molecule has 0 N–H and O–H groups in total. The highest BCUT2D eigenvalue weighted by Crippen LogP contribution is 2.25. The van der Waals surface area contributed by atoms with Crippen molar-refractivity contribution in [2.45, 2.75) is 25.4 Å². The van der Waals surface area contributed by atoms with Crippen LogP contribution in [-0.4, -0.2) is 36.6 Å². The molecule has 0 aliphatic carbocycles. The summed E-state index contributed by atoms with van der Waals surface area (Å²) in [6, 6.07) is 8.83. The summed E-state index contributed by atoms with van der Waals surface area (Å²) in [5.74, 6) is 0.0302. The second-order valence-corrected chi connectivity index (χ2v) is 5.14. The number of hydrogen-bond acceptors (Lipinski definition) is 3. The second-order valence-electron chi connectivity index (χ2n) is 5.14. The van der Waals surface area contributed by atoms with Gasteiger partial charge in [0.25, 0.3) is 5.91 Å². The summed E-state index contributed by atoms with van der Waals surface area (Å²) >= 11 is 0. The first-order chi connectivity index (χ1) is 9.08. The van der Waals surface area contributed by atoms with Crippen molar-refractivity contribution < 1.29 is 9.53 Å². The number of carbonyl (C=O) groups excluding carboxylic acids is 1. The summed E-state index contributed by atoms with van der Waals surface area (Å²) in [4.78, 5) is 14.2. The third-order valence-corrected chi connectivity index (χ3v) is 3.86. The van der Waals surface area contributed by atoms with Gasteiger partial charge < -0.3 is 9.64 Å². The van der Waals surface area contributed by atoms with Gasteiger partial charge in [0.15, 0.2) is 0 Å². The van der Waals surface area contributed by atoms with Gasteiger partial charge in [0.1, 0.15) is 0 Å². The van der Waals surface area contributed by atoms with Crippen LogP contribution in [0.4, 0.5) is 0 Å². The van der Waals surface area contributed by atoms with Gasteiger partial charge in [-0.1, -0.05) is 0 Å². The maximum Gasteiger partial charge on any atom is 0.253 e. The van der Waals surface area contributed by atoms with Gasteiger partial charge in [-0.25, -0.2) is 0 Å². The fourth-order valence-corrected chi connectivity index (χ4v) is 2.26. The number of amides is 1. The molecule has 4 nitrogen and oxygen atoms in total. The highest BCUT2D eigenvalue weighted by Gasteiger charge is 2.31. The monoisotopic (exact) mass is 258 g/mol. The molecule has 0 atom stereocenters. The molecule has 0 bridgehead atoms. The molecule has 100 valence electrons. The number of rotatable bonds is 2. The van der Waals surface area contributed by atoms with Gasteiger partial charge in [-0.2, -0.15) is 5.26 Å². The first-order valence-electron chi connectivity index (χ1n) is 6.42. The van der Waals surface area contributed by atoms with Crippen molar-refractivity contribution in [3.8, 4) is 6.07 Å². The normalized spacial score (nSPS) is 17.8. The Hall–Kier alpha value is -1.86. The minimum atomic E-state index is -0.110. The van der Waals surface area contributed by atoms with Crippen LogP contribution in [-0.2, 0) is 4.74 Å². The lowest BCUT2D eigenvalue weighted by Crippen LogP contribution is -2.46. The van der Waals surface area contributed by atoms with Crippen LogP contribution in [0.25, 0.3) is 0 Å². The molecule has 1 amide bonds. The number of carbonyl (C=O) groups is 1. The van der Waals surface area contributed by atoms with E-state index in [1.807, 2.05) is 11.0 Å². The van der Waals surface area contributed by atoms with Crippen LogP contribution in [0, 0.1) is 11.3 Å². The van der Waals surface area contributed by atoms with Gasteiger partial charge in [0, 0.05) is 25.8 Å². The number of nitrogens with zero attached hydrogens (tertiary/aromatic N) is 2. The summed E-state index contributed by atoms with van der Waals surface area (Å²) < 4.78 is 5.47. The molecule has 1 aliphatic heterocycles. The van der Waals surface area contributed by atoms with E-state index in [1.54, 1.807) is 31.4 Å². The molecule has 2 rings (SSSR count). The van der Waals surface area contributed by atoms with Crippen molar-refractivity contribution >= 4 is 5.91 Å². The molecular formula is C15H18N2O2. The molecule has 1 saturated heterocycles. The summed E-state index contributed by atoms with van der Waals surface area (Å²) in [7, 11) is 1.72. The lowest BCUT2D eigenvalue weighted by atomic mass is 9.93. The summed E-state index contributed by atoms with van der Waals surface area (Å²) in [5.41, 5.74) is 1.10. The minimum Gasteiger partial charge on any atom is -0.378 e. The molecular weight excluding hydrogens is 240 g/mol. The number of methoxy groups -OCH3 is 1. The molecule has 0 unspecified atom stereocenters. The predicted molar refractivity (Wildman–Crippen MR) is 71.7 cm³/mol. The fourth-order valence-electron chi connectivity index (χ4n) is 2.26. The van der Waals surface area contributed by atoms with E-state index < -0.39 is 0 Å². The van der Waals surface area contributed by atoms with Crippen molar-refractivity contribution in [1.82, 2.24) is 4.90 Å². The molecule has 4 heteroatoms. The maximum atomic E-state index is 12.3. The smallest absolute Gasteiger partial charge is 0.253 e. The number of ether oxygens (including phenoxy) is 1. The van der Waals surface area contributed by atoms with E-state index in [9.17, 15) is 4.79 Å². The number of piperidine rings is 1. The number of likely N-dealkylation sites (tertiary alicyclic amines) is 1. The van der Waals surface area contributed by atoms with Gasteiger partial charge in [-0.05, 0) is 44.0 Å². The van der Waals surface area contributed by atoms with Crippen molar-refractivity contribution in [3.63, 3.8) is 0 Å². The Labute approximate surface area is 113 Å². The Kier molecular flexibility index (Phi) is 3.87. The lowest BCUT2D eigenvalue weighted by molar-refractivity contribution is -0.0379. The van der Waals surface area contributed by atoms with E-state index >= 15 is 0 Å². The Morgan fingerprint density at radius 3 is 2.37 bits per heavy atom. The number of hydrogen-bond donors (Lipinski definition) is 0. The fraction of sp³-hybridized carbons (Fsp3) is 0.467. The highest BCUT2D eigenvalue weighted by molar-refractivity contribution is 5.94. The highest BCUT2D eigenvalue weighted by atomic mass is 16.5. The first kappa shape index (κ1) is 13.6. The molecule has 0 aromatic heterocycles. The zero-order valence-electron chi connectivity index (χ0n) is 11.3. The Morgan fingerprint density at radius 2 is 1.89 bits per heavy atom. The Balaban J connectivity index is 2.03. The van der Waals surface area contributed by atoms with Crippen LogP contribution in [0.3, 0.4) is 0 Å². The quantitative estimate of drug-likeness (QED) is 0.817. The topological polar surface area (TPSA) is 53.3 Å². The van der Waals surface area contributed by atoms with Crippen molar-refractivity contribution in [2.24, 2.45) is 0 Å². The molecule has 0 spiro atoms. The van der Waals surface area contributed by atoms with E-state index in [0.29, 0.717) is 24.2 Å². The summed E-state index contributed by atoms with van der Waals surface area (Å²) in [6.07, 6.45) is 1.71. The number of nitriles is 1. The van der Waals surface area contributed by atoms with Crippen LogP contribution >= 0.6 is 0 Å². The van der Waals surface area contributed by atoms with E-state index in [4.69, 9.17) is 10.00 Å². The van der Waals surface area contributed by atoms with Gasteiger partial charge in [-0.3, -0.25) is 4.79 Å². The van der Waals surface area contributed by atoms with Crippen molar-refractivity contribution in [1.29, 1.82) is 5.26 Å². The first-order valence-corrected chi connectivity index (χ1v) is 6.42. The average molecular weight is 258 g/mol. The molecule has 0 saturated carbocycles. The minimum absolute atomic E-state index is 0.0302. The standard InChI is InChI=1S/C15H18N2O2/c1-15(19-2)7-9-17(10-8-15)14(18)13-5-3-12(11-16)4-6-13/h3-6H,7-10H2,1-2H3. The van der Waals surface area contributed by atoms with E-state index in [1.165, 1.54) is 0 Å². The molecule has 0 radical (unpaired) electrons. The Morgan fingerprint density at radius 1 is 1.32 bits per heavy atom. The van der Waals surface area contributed by atoms with Crippen LogP contribution < -0.4 is 0 Å². The lowest BCUT2D eigenvalue weighted by Gasteiger charge is -2.38. The largest absolute Gasteiger partial charge is 0.378 e. The van der Waals surface area contributed by atoms with Gasteiger partial charge in [0.05, 0.1) is 17.2 Å². The SMILES string of the molecule is COC1(C)CCN(C(=O)c2ccc(C#N)cc2)CC1. The van der Waals surface area contributed by atoms with E-state index in [0.717, 1.165) is 12.8 Å². The van der Waals surface area contributed by atoms with E-state index in [2.05, 4.69) is 6.92 Å². The summed E-state index contributed by atoms with van der Waals surface area (Å²) in [6.45, 7) is 3.50. The van der Waals surface area contributed by atoms with Crippen LogP contribution in [0.15, 0.2) is 24.3 Å². The third kappa shape index (κ3) is 2.94. The molecule has 1 aromatic rings. The zero-order valence-corrected chi connectivity index (χ0v) is 11.3. The Bertz CT molecular complexity index is 494. The predicted octanol–water partition coefficient (Wildman–Crippen LogP) is 2.20. The van der Waals surface area contributed by atoms with Gasteiger partial charge in [-0.15, -0.1) is 0 Å². The van der Waals surface area contributed by atoms with Crippen LogP contribution in [0.1, 0.15) is 35.7 Å². The molecule has 1 fully saturated rings. The zero-order chi connectivity index (χ0) is 13.9.